The van der Waals surface area contributed by atoms with Gasteiger partial charge in [0, 0.05) is 0 Å². The largest absolute Gasteiger partial charge is 0.0985 e. The van der Waals surface area contributed by atoms with Crippen molar-refractivity contribution in [2.24, 2.45) is 0 Å². The molecule has 0 aliphatic rings. The summed E-state index contributed by atoms with van der Waals surface area (Å²) in [5, 5.41) is 0. The van der Waals surface area contributed by atoms with Gasteiger partial charge in [-0.25, -0.2) is 0 Å². The monoisotopic (exact) mass is 276 g/mol. The summed E-state index contributed by atoms with van der Waals surface area (Å²) in [6, 6.07) is 2.20. The molecule has 116 valence electrons. The van der Waals surface area contributed by atoms with Crippen LogP contribution in [-0.2, 0) is 0 Å². The fourth-order valence-electron chi connectivity index (χ4n) is 1.77. The van der Waals surface area contributed by atoms with Crippen molar-refractivity contribution >= 4 is 12.2 Å². The van der Waals surface area contributed by atoms with Crippen molar-refractivity contribution in [1.29, 1.82) is 0 Å². The molecule has 0 bridgehead atoms. The second-order valence-corrected chi connectivity index (χ2v) is 3.65. The van der Waals surface area contributed by atoms with Gasteiger partial charge in [-0.05, 0) is 55.5 Å². The zero-order valence-corrected chi connectivity index (χ0v) is 15.5. The first-order chi connectivity index (χ1) is 9.61. The third-order valence-electron chi connectivity index (χ3n) is 2.75. The molecule has 1 aromatic rings. The van der Waals surface area contributed by atoms with E-state index < -0.39 is 0 Å². The third-order valence-corrected chi connectivity index (χ3v) is 2.75. The molecule has 0 heterocycles. The van der Waals surface area contributed by atoms with Crippen molar-refractivity contribution in [3.8, 4) is 0 Å². The molecule has 0 unspecified atom stereocenters. The predicted octanol–water partition coefficient (Wildman–Crippen LogP) is 7.37. The minimum atomic E-state index is 1.24. The van der Waals surface area contributed by atoms with Crippen molar-refractivity contribution < 1.29 is 0 Å². The molecule has 0 radical (unpaired) electrons. The summed E-state index contributed by atoms with van der Waals surface area (Å²) in [4.78, 5) is 0. The zero-order valence-electron chi connectivity index (χ0n) is 15.5. The van der Waals surface area contributed by atoms with Gasteiger partial charge in [0.15, 0.2) is 0 Å². The fourth-order valence-corrected chi connectivity index (χ4v) is 1.77. The average molecular weight is 277 g/mol. The number of allylic oxidation sites excluding steroid dienone is 1. The number of benzene rings is 1. The number of aryl methyl sites for hydroxylation is 1. The van der Waals surface area contributed by atoms with Gasteiger partial charge in [-0.3, -0.25) is 0 Å². The van der Waals surface area contributed by atoms with Crippen LogP contribution in [0.25, 0.3) is 12.2 Å². The molecule has 20 heavy (non-hydrogen) atoms. The van der Waals surface area contributed by atoms with Crippen LogP contribution in [-0.4, -0.2) is 0 Å². The predicted molar refractivity (Wildman–Crippen MR) is 99.5 cm³/mol. The van der Waals surface area contributed by atoms with Crippen molar-refractivity contribution in [3.63, 3.8) is 0 Å². The highest BCUT2D eigenvalue weighted by atomic mass is 14.1. The van der Waals surface area contributed by atoms with Crippen LogP contribution in [0.5, 0.6) is 0 Å². The Labute approximate surface area is 128 Å². The molecule has 0 saturated carbocycles. The number of hydrogen-bond donors (Lipinski definition) is 0. The van der Waals surface area contributed by atoms with Gasteiger partial charge in [-0.1, -0.05) is 72.4 Å². The SMILES string of the molecule is C=Cc1cc(C)c(/C=C\C)c(C)c1C.CC.CC.CC. The Bertz CT molecular complexity index is 382. The average Bonchev–Trinajstić information content (AvgIpc) is 2.53. The van der Waals surface area contributed by atoms with Crippen LogP contribution in [0.15, 0.2) is 18.7 Å². The van der Waals surface area contributed by atoms with E-state index in [0.717, 1.165) is 0 Å². The molecule has 0 atom stereocenters. The maximum Gasteiger partial charge on any atom is -0.0198 e. The Morgan fingerprint density at radius 1 is 0.850 bits per heavy atom. The van der Waals surface area contributed by atoms with Crippen LogP contribution in [0.4, 0.5) is 0 Å². The lowest BCUT2D eigenvalue weighted by Gasteiger charge is -2.12. The van der Waals surface area contributed by atoms with E-state index in [1.165, 1.54) is 27.8 Å². The molecule has 0 heteroatoms. The lowest BCUT2D eigenvalue weighted by atomic mass is 9.93. The van der Waals surface area contributed by atoms with Crippen LogP contribution in [0.2, 0.25) is 0 Å². The van der Waals surface area contributed by atoms with Crippen LogP contribution < -0.4 is 0 Å². The Hall–Kier alpha value is -1.30. The van der Waals surface area contributed by atoms with Gasteiger partial charge >= 0.3 is 0 Å². The molecule has 0 spiro atoms. The van der Waals surface area contributed by atoms with E-state index in [-0.39, 0.29) is 0 Å². The molecule has 0 saturated heterocycles. The van der Waals surface area contributed by atoms with Gasteiger partial charge in [0.05, 0.1) is 0 Å². The number of rotatable bonds is 2. The van der Waals surface area contributed by atoms with E-state index >= 15 is 0 Å². The van der Waals surface area contributed by atoms with Gasteiger partial charge in [-0.15, -0.1) is 0 Å². The van der Waals surface area contributed by atoms with Crippen LogP contribution in [0.3, 0.4) is 0 Å². The van der Waals surface area contributed by atoms with Gasteiger partial charge in [0.25, 0.3) is 0 Å². The molecule has 0 amide bonds. The first-order valence-corrected chi connectivity index (χ1v) is 7.97. The van der Waals surface area contributed by atoms with Crippen molar-refractivity contribution in [2.75, 3.05) is 0 Å². The summed E-state index contributed by atoms with van der Waals surface area (Å²) >= 11 is 0. The Morgan fingerprint density at radius 3 is 1.65 bits per heavy atom. The van der Waals surface area contributed by atoms with E-state index in [2.05, 4.69) is 52.5 Å². The smallest absolute Gasteiger partial charge is 0.0198 e. The second kappa shape index (κ2) is 15.8. The fraction of sp³-hybridized carbons (Fsp3) is 0.500. The second-order valence-electron chi connectivity index (χ2n) is 3.65. The highest BCUT2D eigenvalue weighted by Gasteiger charge is 2.05. The maximum atomic E-state index is 3.83. The van der Waals surface area contributed by atoms with E-state index in [1.807, 2.05) is 47.6 Å². The minimum Gasteiger partial charge on any atom is -0.0985 e. The molecular weight excluding hydrogens is 240 g/mol. The van der Waals surface area contributed by atoms with Crippen molar-refractivity contribution in [2.45, 2.75) is 69.2 Å². The number of hydrogen-bond acceptors (Lipinski definition) is 0. The third kappa shape index (κ3) is 7.33. The molecule has 0 nitrogen and oxygen atoms in total. The molecule has 0 fully saturated rings. The Balaban J connectivity index is -0.000000425. The highest BCUT2D eigenvalue weighted by Crippen LogP contribution is 2.23. The van der Waals surface area contributed by atoms with Gasteiger partial charge in [0.1, 0.15) is 0 Å². The summed E-state index contributed by atoms with van der Waals surface area (Å²) in [6.07, 6.45) is 6.18. The highest BCUT2D eigenvalue weighted by molar-refractivity contribution is 5.65. The molecule has 0 aliphatic carbocycles. The minimum absolute atomic E-state index is 1.24. The van der Waals surface area contributed by atoms with Crippen molar-refractivity contribution in [3.05, 3.63) is 46.5 Å². The molecule has 1 aromatic carbocycles. The summed E-state index contributed by atoms with van der Waals surface area (Å²) in [5.74, 6) is 0. The van der Waals surface area contributed by atoms with E-state index in [1.54, 1.807) is 0 Å². The Morgan fingerprint density at radius 2 is 1.30 bits per heavy atom. The van der Waals surface area contributed by atoms with Gasteiger partial charge < -0.3 is 0 Å². The lowest BCUT2D eigenvalue weighted by molar-refractivity contribution is 1.27. The molecular formula is C20H36. The lowest BCUT2D eigenvalue weighted by Crippen LogP contribution is -1.93. The topological polar surface area (TPSA) is 0 Å². The summed E-state index contributed by atoms with van der Waals surface area (Å²) in [7, 11) is 0. The van der Waals surface area contributed by atoms with Crippen LogP contribution in [0, 0.1) is 20.8 Å². The van der Waals surface area contributed by atoms with E-state index in [0.29, 0.717) is 0 Å². The normalized spacial score (nSPS) is 8.50. The van der Waals surface area contributed by atoms with Crippen molar-refractivity contribution in [1.82, 2.24) is 0 Å². The summed E-state index contributed by atoms with van der Waals surface area (Å²) in [6.45, 7) is 24.4. The maximum absolute atomic E-state index is 3.83. The quantitative estimate of drug-likeness (QED) is 0.529. The molecule has 0 N–H and O–H groups in total. The first kappa shape index (κ1) is 23.8. The van der Waals surface area contributed by atoms with Gasteiger partial charge in [-0.2, -0.15) is 0 Å². The van der Waals surface area contributed by atoms with Crippen LogP contribution in [0.1, 0.15) is 76.3 Å². The Kier molecular flexibility index (Phi) is 18.7. The summed E-state index contributed by atoms with van der Waals surface area (Å²) < 4.78 is 0. The standard InChI is InChI=1S/C14H18.3C2H6/c1-6-8-14-10(3)9-13(7-2)11(4)12(14)5;3*1-2/h6-9H,2H2,1,3-5H3;3*1-2H3/b8-6-;;;. The molecule has 0 aliphatic heterocycles. The summed E-state index contributed by atoms with van der Waals surface area (Å²) in [5.41, 5.74) is 6.60. The van der Waals surface area contributed by atoms with E-state index in [4.69, 9.17) is 0 Å². The molecule has 0 aromatic heterocycles. The van der Waals surface area contributed by atoms with E-state index in [9.17, 15) is 0 Å². The van der Waals surface area contributed by atoms with Gasteiger partial charge in [0.2, 0.25) is 0 Å². The zero-order chi connectivity index (χ0) is 16.7. The van der Waals surface area contributed by atoms with Crippen LogP contribution >= 0.6 is 0 Å². The molecule has 1 rings (SSSR count). The first-order valence-electron chi connectivity index (χ1n) is 7.97.